The molecule has 0 spiro atoms. The molecule has 80 heavy (non-hydrogen) atoms. The standard InChI is InChI=1S/C65H80N4O11/c1-3-5-6-7-8-9-10-11-12-20-38-66-63(72)78-53-36-37-59-57(43-53)61-55(31-19-22-40-71)49(27-18-21-39-70)42-56-58(67-77-46-47-24-14-13-15-25-47)44-60(65(80-59,62(56)61)76-41-4-2)68(45-50-29-23-28-48-26-16-17-30-54(48)50)64(73)79-52-34-32-51(33-35-52)69(74)75/h4,13-17,23-26,28-30,32-37,42-43,49,55,60-62,70-71H,2-3,5-12,18-22,27,31,38-41,44-46H2,1H3,(H,66,72)/t49-,55+,60-,61+,62+,65+/m0/s1. The number of nitro benzene ring substituents is 1. The zero-order valence-corrected chi connectivity index (χ0v) is 46.4. The minimum atomic E-state index is -1.66. The largest absolute Gasteiger partial charge is 0.459 e. The maximum absolute atomic E-state index is 15.5. The van der Waals surface area contributed by atoms with Crippen LogP contribution in [-0.2, 0) is 22.7 Å². The lowest BCUT2D eigenvalue weighted by Gasteiger charge is -2.59. The quantitative estimate of drug-likeness (QED) is 0.0166. The Bertz CT molecular complexity index is 2870. The fourth-order valence-electron chi connectivity index (χ4n) is 12.1. The summed E-state index contributed by atoms with van der Waals surface area (Å²) < 4.78 is 27.1. The van der Waals surface area contributed by atoms with E-state index in [0.717, 1.165) is 65.1 Å². The van der Waals surface area contributed by atoms with E-state index in [9.17, 15) is 25.1 Å². The number of unbranched alkanes of at least 4 members (excludes halogenated alkanes) is 11. The van der Waals surface area contributed by atoms with Crippen molar-refractivity contribution in [2.24, 2.45) is 22.9 Å². The van der Waals surface area contributed by atoms with Gasteiger partial charge in [0.05, 0.1) is 29.7 Å². The van der Waals surface area contributed by atoms with Crippen LogP contribution in [0.5, 0.6) is 17.2 Å². The Morgan fingerprint density at radius 1 is 0.812 bits per heavy atom. The number of aliphatic hydroxyl groups is 2. The van der Waals surface area contributed by atoms with Crippen LogP contribution in [0, 0.1) is 27.9 Å². The van der Waals surface area contributed by atoms with Gasteiger partial charge in [0.1, 0.15) is 29.9 Å². The first-order valence-corrected chi connectivity index (χ1v) is 29.1. The Hall–Kier alpha value is -7.07. The number of fused-ring (bicyclic) bond motifs is 3. The number of benzene rings is 5. The van der Waals surface area contributed by atoms with Crippen molar-refractivity contribution < 1.29 is 48.5 Å². The van der Waals surface area contributed by atoms with Crippen molar-refractivity contribution in [3.63, 3.8) is 0 Å². The number of amides is 2. The Morgan fingerprint density at radius 3 is 2.23 bits per heavy atom. The number of nitro groups is 1. The Balaban J connectivity index is 1.23. The van der Waals surface area contributed by atoms with Gasteiger partial charge in [-0.1, -0.05) is 168 Å². The summed E-state index contributed by atoms with van der Waals surface area (Å²) in [6, 6.07) is 33.5. The summed E-state index contributed by atoms with van der Waals surface area (Å²) in [5.74, 6) is -1.98. The third-order valence-corrected chi connectivity index (χ3v) is 16.0. The number of allylic oxidation sites excluding steroid dienone is 1. The van der Waals surface area contributed by atoms with Gasteiger partial charge in [-0.25, -0.2) is 9.59 Å². The van der Waals surface area contributed by atoms with Crippen molar-refractivity contribution in [1.29, 1.82) is 0 Å². The number of carbonyl (C=O) groups is 2. The van der Waals surface area contributed by atoms with E-state index >= 15 is 4.79 Å². The minimum absolute atomic E-state index is 0.0204. The molecular weight excluding hydrogens is 1010 g/mol. The molecule has 3 N–H and O–H groups in total. The molecule has 6 atom stereocenters. The van der Waals surface area contributed by atoms with Crippen molar-refractivity contribution in [3.8, 4) is 17.2 Å². The molecule has 426 valence electrons. The molecule has 15 heteroatoms. The first-order chi connectivity index (χ1) is 39.2. The molecular formula is C65H80N4O11. The van der Waals surface area contributed by atoms with E-state index in [4.69, 9.17) is 28.9 Å². The van der Waals surface area contributed by atoms with Crippen LogP contribution in [-0.4, -0.2) is 76.1 Å². The van der Waals surface area contributed by atoms with Gasteiger partial charge in [0, 0.05) is 49.8 Å². The predicted molar refractivity (Wildman–Crippen MR) is 311 cm³/mol. The molecule has 0 unspecified atom stereocenters. The number of rotatable bonds is 31. The van der Waals surface area contributed by atoms with Crippen LogP contribution in [0.1, 0.15) is 139 Å². The third-order valence-electron chi connectivity index (χ3n) is 16.0. The molecule has 8 rings (SSSR count). The van der Waals surface area contributed by atoms with Gasteiger partial charge in [-0.05, 0) is 102 Å². The second-order valence-corrected chi connectivity index (χ2v) is 21.4. The molecule has 5 aromatic carbocycles. The number of oxime groups is 1. The second kappa shape index (κ2) is 29.9. The van der Waals surface area contributed by atoms with E-state index in [0.29, 0.717) is 49.4 Å². The molecule has 1 heterocycles. The van der Waals surface area contributed by atoms with Crippen LogP contribution >= 0.6 is 0 Å². The van der Waals surface area contributed by atoms with E-state index in [2.05, 4.69) is 24.9 Å². The minimum Gasteiger partial charge on any atom is -0.459 e. The van der Waals surface area contributed by atoms with Crippen molar-refractivity contribution in [2.45, 2.75) is 147 Å². The summed E-state index contributed by atoms with van der Waals surface area (Å²) in [5, 5.41) is 41.8. The average molecular weight is 1090 g/mol. The number of hydrogen-bond donors (Lipinski definition) is 3. The molecule has 0 bridgehead atoms. The van der Waals surface area contributed by atoms with Crippen LogP contribution in [0.4, 0.5) is 15.3 Å². The first kappa shape index (κ1) is 59.1. The number of carbonyl (C=O) groups excluding carboxylic acids is 2. The highest BCUT2D eigenvalue weighted by Gasteiger charge is 2.66. The van der Waals surface area contributed by atoms with Crippen LogP contribution in [0.2, 0.25) is 0 Å². The number of ether oxygens (including phenoxy) is 4. The lowest BCUT2D eigenvalue weighted by Crippen LogP contribution is -2.70. The molecule has 5 aromatic rings. The SMILES string of the molecule is C=CCO[C@@]12Oc3ccc(OC(=O)NCCCCCCCCCCCC)cc3[C@H]3[C@H](CCCCO)[C@@H](CCCCO)C=C(C(=NOCc4ccccc4)C[C@@H]1N(Cc1cccc4ccccc14)C(=O)Oc1ccc([N+](=O)[O-])cc1)[C@H]32. The zero-order chi connectivity index (χ0) is 56.1. The summed E-state index contributed by atoms with van der Waals surface area (Å²) in [6.07, 6.45) is 18.6. The molecule has 1 aliphatic heterocycles. The molecule has 15 nitrogen and oxygen atoms in total. The number of aliphatic hydroxyl groups excluding tert-OH is 2. The number of non-ortho nitro benzene ring substituents is 1. The van der Waals surface area contributed by atoms with Gasteiger partial charge >= 0.3 is 12.2 Å². The topological polar surface area (TPSA) is 192 Å². The highest BCUT2D eigenvalue weighted by atomic mass is 16.7. The molecule has 0 aromatic heterocycles. The lowest BCUT2D eigenvalue weighted by molar-refractivity contribution is -0.384. The van der Waals surface area contributed by atoms with Crippen molar-refractivity contribution in [2.75, 3.05) is 26.4 Å². The summed E-state index contributed by atoms with van der Waals surface area (Å²) in [4.78, 5) is 48.2. The predicted octanol–water partition coefficient (Wildman–Crippen LogP) is 14.3. The van der Waals surface area contributed by atoms with Gasteiger partial charge in [0.25, 0.3) is 5.69 Å². The summed E-state index contributed by atoms with van der Waals surface area (Å²) in [7, 11) is 0. The molecule has 3 aliphatic rings. The molecule has 0 saturated heterocycles. The highest BCUT2D eigenvalue weighted by molar-refractivity contribution is 6.03. The van der Waals surface area contributed by atoms with Crippen LogP contribution in [0.15, 0.2) is 145 Å². The Kier molecular flexibility index (Phi) is 22.1. The number of nitrogens with one attached hydrogen (secondary N) is 1. The first-order valence-electron chi connectivity index (χ1n) is 29.1. The van der Waals surface area contributed by atoms with Crippen LogP contribution < -0.4 is 19.5 Å². The van der Waals surface area contributed by atoms with Crippen LogP contribution in [0.25, 0.3) is 10.8 Å². The fraction of sp³-hybridized carbons (Fsp3) is 0.462. The maximum Gasteiger partial charge on any atom is 0.416 e. The monoisotopic (exact) mass is 1090 g/mol. The summed E-state index contributed by atoms with van der Waals surface area (Å²) in [5.41, 5.74) is 3.77. The molecule has 0 radical (unpaired) electrons. The highest BCUT2D eigenvalue weighted by Crippen LogP contribution is 2.62. The van der Waals surface area contributed by atoms with E-state index in [-0.39, 0.29) is 62.7 Å². The smallest absolute Gasteiger partial charge is 0.416 e. The van der Waals surface area contributed by atoms with E-state index in [1.807, 2.05) is 84.9 Å². The zero-order valence-electron chi connectivity index (χ0n) is 46.4. The fourth-order valence-corrected chi connectivity index (χ4v) is 12.1. The average Bonchev–Trinajstić information content (AvgIpc) is 3.24. The van der Waals surface area contributed by atoms with E-state index in [1.54, 1.807) is 17.0 Å². The van der Waals surface area contributed by atoms with Gasteiger partial charge < -0.3 is 39.3 Å². The van der Waals surface area contributed by atoms with Gasteiger partial charge in [0.15, 0.2) is 0 Å². The number of hydrogen-bond acceptors (Lipinski definition) is 12. The van der Waals surface area contributed by atoms with Crippen molar-refractivity contribution in [3.05, 3.63) is 166 Å². The van der Waals surface area contributed by atoms with Crippen molar-refractivity contribution in [1.82, 2.24) is 10.2 Å². The van der Waals surface area contributed by atoms with Gasteiger partial charge in [-0.2, -0.15) is 0 Å². The second-order valence-electron chi connectivity index (χ2n) is 21.4. The van der Waals surface area contributed by atoms with E-state index < -0.39 is 40.8 Å². The molecule has 1 saturated carbocycles. The summed E-state index contributed by atoms with van der Waals surface area (Å²) in [6.45, 7) is 7.09. The molecule has 2 aliphatic carbocycles. The Morgan fingerprint density at radius 2 is 1.50 bits per heavy atom. The van der Waals surface area contributed by atoms with Crippen LogP contribution in [0.3, 0.4) is 0 Å². The van der Waals surface area contributed by atoms with E-state index in [1.165, 1.54) is 69.2 Å². The molecule has 1 fully saturated rings. The number of nitrogens with zero attached hydrogens (tertiary/aromatic N) is 3. The maximum atomic E-state index is 15.5. The third kappa shape index (κ3) is 15.0. The van der Waals surface area contributed by atoms with Gasteiger partial charge in [-0.15, -0.1) is 6.58 Å². The lowest BCUT2D eigenvalue weighted by atomic mass is 9.55. The summed E-state index contributed by atoms with van der Waals surface area (Å²) >= 11 is 0. The van der Waals surface area contributed by atoms with Crippen molar-refractivity contribution >= 4 is 34.4 Å². The normalized spacial score (nSPS) is 20.4. The Labute approximate surface area is 471 Å². The van der Waals surface area contributed by atoms with Gasteiger partial charge in [0.2, 0.25) is 5.79 Å². The van der Waals surface area contributed by atoms with Gasteiger partial charge in [-0.3, -0.25) is 15.0 Å². The molecule has 2 amide bonds.